The number of hydrogen-bond acceptors (Lipinski definition) is 6. The Morgan fingerprint density at radius 2 is 1.84 bits per heavy atom. The first-order chi connectivity index (χ1) is 18.6. The number of ether oxygens (including phenoxy) is 1. The zero-order valence-corrected chi connectivity index (χ0v) is 22.2. The molecule has 0 unspecified atom stereocenters. The van der Waals surface area contributed by atoms with Crippen LogP contribution in [-0.2, 0) is 29.2 Å². The third kappa shape index (κ3) is 3.98. The number of esters is 1. The summed E-state index contributed by atoms with van der Waals surface area (Å²) in [6.07, 6.45) is 7.24. The molecule has 3 aromatic rings. The van der Waals surface area contributed by atoms with Gasteiger partial charge < -0.3 is 14.2 Å². The summed E-state index contributed by atoms with van der Waals surface area (Å²) in [5.41, 5.74) is 6.42. The van der Waals surface area contributed by atoms with Crippen LogP contribution in [0.3, 0.4) is 0 Å². The minimum atomic E-state index is -0.382. The molecule has 4 aliphatic heterocycles. The number of nitrogens with zero attached hydrogens (tertiary/aromatic N) is 4. The Balaban J connectivity index is 1.17. The van der Waals surface area contributed by atoms with E-state index in [1.807, 2.05) is 17.6 Å². The molecule has 198 valence electrons. The topological polar surface area (TPSA) is 67.7 Å². The fraction of sp³-hybridized carbons (Fsp3) is 0.516. The molecule has 2 fully saturated rings. The smallest absolute Gasteiger partial charge is 0.313 e. The van der Waals surface area contributed by atoms with E-state index in [9.17, 15) is 9.59 Å². The predicted molar refractivity (Wildman–Crippen MR) is 147 cm³/mol. The van der Waals surface area contributed by atoms with Crippen molar-refractivity contribution in [2.24, 2.45) is 0 Å². The number of pyridine rings is 2. The number of piperidine rings is 2. The monoisotopic (exact) mass is 512 g/mol. The molecule has 38 heavy (non-hydrogen) atoms. The van der Waals surface area contributed by atoms with E-state index in [-0.39, 0.29) is 24.1 Å². The summed E-state index contributed by atoms with van der Waals surface area (Å²) in [5, 5.41) is 1.18. The van der Waals surface area contributed by atoms with Crippen LogP contribution in [0.5, 0.6) is 0 Å². The fourth-order valence-electron chi connectivity index (χ4n) is 7.19. The van der Waals surface area contributed by atoms with E-state index in [0.29, 0.717) is 18.5 Å². The number of carbonyl (C=O) groups excluding carboxylic acids is 1. The van der Waals surface area contributed by atoms with Crippen LogP contribution in [-0.4, -0.2) is 57.5 Å². The molecule has 0 N–H and O–H groups in total. The van der Waals surface area contributed by atoms with Crippen molar-refractivity contribution in [3.05, 3.63) is 62.9 Å². The fourth-order valence-corrected chi connectivity index (χ4v) is 7.19. The van der Waals surface area contributed by atoms with Crippen molar-refractivity contribution in [1.82, 2.24) is 19.4 Å². The van der Waals surface area contributed by atoms with Gasteiger partial charge in [0.2, 0.25) is 0 Å². The van der Waals surface area contributed by atoms with Crippen LogP contribution in [0.25, 0.3) is 22.3 Å². The zero-order valence-electron chi connectivity index (χ0n) is 22.2. The van der Waals surface area contributed by atoms with Crippen LogP contribution in [0.1, 0.15) is 73.6 Å². The molecule has 1 atom stereocenters. The highest BCUT2D eigenvalue weighted by molar-refractivity contribution is 5.87. The summed E-state index contributed by atoms with van der Waals surface area (Å²) in [5.74, 6) is -0.619. The molecule has 7 rings (SSSR count). The normalized spacial score (nSPS) is 22.2. The average Bonchev–Trinajstić information content (AvgIpc) is 3.31. The zero-order chi connectivity index (χ0) is 25.8. The summed E-state index contributed by atoms with van der Waals surface area (Å²) < 4.78 is 7.15. The van der Waals surface area contributed by atoms with Crippen LogP contribution < -0.4 is 5.56 Å². The maximum absolute atomic E-state index is 13.4. The van der Waals surface area contributed by atoms with Gasteiger partial charge in [-0.25, -0.2) is 4.98 Å². The minimum absolute atomic E-state index is 0.0534. The van der Waals surface area contributed by atoms with Crippen molar-refractivity contribution >= 4 is 16.9 Å². The summed E-state index contributed by atoms with van der Waals surface area (Å²) in [6.45, 7) is 8.31. The molecule has 0 spiro atoms. The lowest BCUT2D eigenvalue weighted by atomic mass is 9.90. The SMILES string of the molecule is CC[C@H]1C(=O)OCc2c1cc1n(c2=O)Cc2cc3c(CN4CCC(N5CCCCC5)CC4)cccc3nc2-1. The third-order valence-corrected chi connectivity index (χ3v) is 9.32. The lowest BCUT2D eigenvalue weighted by Crippen LogP contribution is -2.46. The van der Waals surface area contributed by atoms with Crippen molar-refractivity contribution < 1.29 is 9.53 Å². The first-order valence-electron chi connectivity index (χ1n) is 14.4. The molecule has 7 nitrogen and oxygen atoms in total. The number of aromatic nitrogens is 2. The second kappa shape index (κ2) is 9.62. The molecule has 0 radical (unpaired) electrons. The Hall–Kier alpha value is -3.03. The Bertz CT molecular complexity index is 1460. The largest absolute Gasteiger partial charge is 0.460 e. The van der Waals surface area contributed by atoms with Gasteiger partial charge >= 0.3 is 5.97 Å². The van der Waals surface area contributed by atoms with E-state index < -0.39 is 0 Å². The highest BCUT2D eigenvalue weighted by Gasteiger charge is 2.34. The standard InChI is InChI=1S/C31H36N4O3/c1-2-23-25-16-28-29-21(18-35(28)30(36)26(25)19-38-31(23)37)15-24-20(7-6-8-27(24)32-29)17-33-13-9-22(10-14-33)34-11-4-3-5-12-34/h6-8,15-16,22-23H,2-5,9-14,17-19H2,1H3/t23-/m1/s1. The van der Waals surface area contributed by atoms with Crippen LogP contribution in [0.4, 0.5) is 0 Å². The van der Waals surface area contributed by atoms with E-state index in [0.717, 1.165) is 53.7 Å². The summed E-state index contributed by atoms with van der Waals surface area (Å²) in [7, 11) is 0. The van der Waals surface area contributed by atoms with Gasteiger partial charge in [0.05, 0.1) is 34.9 Å². The molecule has 0 bridgehead atoms. The van der Waals surface area contributed by atoms with Crippen LogP contribution >= 0.6 is 0 Å². The highest BCUT2D eigenvalue weighted by Crippen LogP contribution is 2.37. The lowest BCUT2D eigenvalue weighted by Gasteiger charge is -2.40. The maximum Gasteiger partial charge on any atom is 0.313 e. The summed E-state index contributed by atoms with van der Waals surface area (Å²) in [6, 6.07) is 11.4. The number of cyclic esters (lactones) is 1. The van der Waals surface area contributed by atoms with Crippen molar-refractivity contribution in [2.45, 2.75) is 77.1 Å². The molecule has 4 aliphatic rings. The van der Waals surface area contributed by atoms with Gasteiger partial charge in [-0.15, -0.1) is 0 Å². The Kier molecular flexibility index (Phi) is 6.08. The molecule has 7 heteroatoms. The molecule has 0 saturated carbocycles. The van der Waals surface area contributed by atoms with E-state index >= 15 is 0 Å². The van der Waals surface area contributed by atoms with Crippen LogP contribution in [0.15, 0.2) is 35.1 Å². The van der Waals surface area contributed by atoms with Gasteiger partial charge in [0, 0.05) is 23.5 Å². The van der Waals surface area contributed by atoms with E-state index in [1.165, 1.54) is 56.1 Å². The van der Waals surface area contributed by atoms with Gasteiger partial charge in [-0.3, -0.25) is 14.5 Å². The number of hydrogen-bond donors (Lipinski definition) is 0. The van der Waals surface area contributed by atoms with Gasteiger partial charge in [-0.1, -0.05) is 25.5 Å². The molecule has 2 saturated heterocycles. The van der Waals surface area contributed by atoms with E-state index in [1.54, 1.807) is 0 Å². The van der Waals surface area contributed by atoms with Crippen LogP contribution in [0.2, 0.25) is 0 Å². The predicted octanol–water partition coefficient (Wildman–Crippen LogP) is 4.43. The minimum Gasteiger partial charge on any atom is -0.460 e. The molecular weight excluding hydrogens is 476 g/mol. The second-order valence-electron chi connectivity index (χ2n) is 11.5. The number of rotatable bonds is 4. The van der Waals surface area contributed by atoms with Gasteiger partial charge in [-0.2, -0.15) is 0 Å². The quantitative estimate of drug-likeness (QED) is 0.377. The molecule has 1 aromatic carbocycles. The molecule has 0 amide bonds. The van der Waals surface area contributed by atoms with Crippen molar-refractivity contribution in [2.75, 3.05) is 26.2 Å². The van der Waals surface area contributed by atoms with Crippen molar-refractivity contribution in [3.63, 3.8) is 0 Å². The lowest BCUT2D eigenvalue weighted by molar-refractivity contribution is -0.148. The summed E-state index contributed by atoms with van der Waals surface area (Å²) >= 11 is 0. The number of benzene rings is 1. The van der Waals surface area contributed by atoms with Crippen LogP contribution in [0, 0.1) is 0 Å². The number of likely N-dealkylation sites (tertiary alicyclic amines) is 2. The van der Waals surface area contributed by atoms with Gasteiger partial charge in [0.25, 0.3) is 5.56 Å². The molecule has 0 aliphatic carbocycles. The molecule has 2 aromatic heterocycles. The average molecular weight is 513 g/mol. The summed E-state index contributed by atoms with van der Waals surface area (Å²) in [4.78, 5) is 36.2. The van der Waals surface area contributed by atoms with Gasteiger partial charge in [0.15, 0.2) is 0 Å². The Morgan fingerprint density at radius 1 is 1.03 bits per heavy atom. The second-order valence-corrected chi connectivity index (χ2v) is 11.5. The first kappa shape index (κ1) is 24.0. The van der Waals surface area contributed by atoms with Crippen molar-refractivity contribution in [1.29, 1.82) is 0 Å². The van der Waals surface area contributed by atoms with Gasteiger partial charge in [-0.05, 0) is 87.6 Å². The number of carbonyl (C=O) groups is 1. The maximum atomic E-state index is 13.4. The Labute approximate surface area is 223 Å². The van der Waals surface area contributed by atoms with Gasteiger partial charge in [0.1, 0.15) is 6.61 Å². The molecule has 6 heterocycles. The highest BCUT2D eigenvalue weighted by atomic mass is 16.5. The third-order valence-electron chi connectivity index (χ3n) is 9.32. The Morgan fingerprint density at radius 3 is 2.63 bits per heavy atom. The van der Waals surface area contributed by atoms with E-state index in [4.69, 9.17) is 9.72 Å². The first-order valence-corrected chi connectivity index (χ1v) is 14.4. The van der Waals surface area contributed by atoms with Crippen molar-refractivity contribution in [3.8, 4) is 11.4 Å². The van der Waals surface area contributed by atoms with E-state index in [2.05, 4.69) is 34.1 Å². The molecular formula is C31H36N4O3. The number of fused-ring (bicyclic) bond motifs is 5.